The van der Waals surface area contributed by atoms with E-state index in [-0.39, 0.29) is 35.6 Å². The summed E-state index contributed by atoms with van der Waals surface area (Å²) in [6, 6.07) is 40.7. The molecule has 46 heavy (non-hydrogen) atoms. The van der Waals surface area contributed by atoms with Crippen LogP contribution in [-0.2, 0) is 41.5 Å². The van der Waals surface area contributed by atoms with Gasteiger partial charge in [0.1, 0.15) is 0 Å². The summed E-state index contributed by atoms with van der Waals surface area (Å²) in [5.41, 5.74) is 15.5. The van der Waals surface area contributed by atoms with Crippen molar-refractivity contribution in [3.8, 4) is 22.3 Å². The summed E-state index contributed by atoms with van der Waals surface area (Å²) in [5.74, 6) is 0. The maximum Gasteiger partial charge on any atom is -0.0623 e. The van der Waals surface area contributed by atoms with E-state index in [2.05, 4.69) is 172 Å². The molecule has 0 atom stereocenters. The second kappa shape index (κ2) is 17.1. The Balaban J connectivity index is 0.000000254. The van der Waals surface area contributed by atoms with E-state index in [9.17, 15) is 0 Å². The molecule has 0 radical (unpaired) electrons. The molecule has 0 saturated heterocycles. The van der Waals surface area contributed by atoms with Crippen LogP contribution in [0.5, 0.6) is 0 Å². The summed E-state index contributed by atoms with van der Waals surface area (Å²) < 4.78 is 1.55. The Hall–Kier alpha value is -2.44. The van der Waals surface area contributed by atoms with Crippen molar-refractivity contribution < 1.29 is 49.0 Å². The van der Waals surface area contributed by atoms with E-state index in [4.69, 9.17) is 0 Å². The number of hydrogen-bond donors (Lipinski definition) is 0. The van der Waals surface area contributed by atoms with Gasteiger partial charge in [0.05, 0.1) is 0 Å². The van der Waals surface area contributed by atoms with E-state index in [0.717, 1.165) is 6.42 Å². The van der Waals surface area contributed by atoms with E-state index in [0.29, 0.717) is 0 Å². The van der Waals surface area contributed by atoms with Crippen molar-refractivity contribution in [2.24, 2.45) is 0 Å². The molecule has 3 heteroatoms. The average molecular weight is 727 g/mol. The van der Waals surface area contributed by atoms with Crippen molar-refractivity contribution in [2.75, 3.05) is 0 Å². The fourth-order valence-electron chi connectivity index (χ4n) is 5.60. The molecule has 0 fully saturated rings. The summed E-state index contributed by atoms with van der Waals surface area (Å²) >= 11 is 1.54. The van der Waals surface area contributed by atoms with E-state index in [1.807, 2.05) is 0 Å². The predicted octanol–water partition coefficient (Wildman–Crippen LogP) is 5.51. The molecule has 240 valence electrons. The third-order valence-corrected chi connectivity index (χ3v) is 9.84. The number of benzene rings is 4. The fraction of sp³-hybridized carbons (Fsp3) is 0.302. The minimum atomic E-state index is 0. The van der Waals surface area contributed by atoms with E-state index >= 15 is 0 Å². The Kier molecular flexibility index (Phi) is 14.8. The second-order valence-electron chi connectivity index (χ2n) is 14.0. The van der Waals surface area contributed by atoms with Crippen LogP contribution >= 0.6 is 0 Å². The van der Waals surface area contributed by atoms with E-state index in [1.54, 1.807) is 3.21 Å². The van der Waals surface area contributed by atoms with E-state index < -0.39 is 0 Å². The Morgan fingerprint density at radius 1 is 0.717 bits per heavy atom. The molecule has 0 N–H and O–H groups in total. The minimum absolute atomic E-state index is 0. The van der Waals surface area contributed by atoms with Crippen LogP contribution in [0.3, 0.4) is 0 Å². The molecule has 1 aliphatic rings. The van der Waals surface area contributed by atoms with Crippen LogP contribution in [0.25, 0.3) is 22.3 Å². The van der Waals surface area contributed by atoms with Crippen LogP contribution < -0.4 is 24.8 Å². The van der Waals surface area contributed by atoms with Gasteiger partial charge >= 0.3 is 76.7 Å². The Bertz CT molecular complexity index is 1640. The zero-order chi connectivity index (χ0) is 32.1. The number of rotatable bonds is 3. The molecule has 0 saturated carbocycles. The average Bonchev–Trinajstić information content (AvgIpc) is 3.55. The van der Waals surface area contributed by atoms with Crippen LogP contribution in [0.4, 0.5) is 0 Å². The van der Waals surface area contributed by atoms with Crippen LogP contribution in [0, 0.1) is 19.9 Å². The first kappa shape index (κ1) is 39.7. The Morgan fingerprint density at radius 3 is 1.83 bits per heavy atom. The topological polar surface area (TPSA) is 0 Å². The second-order valence-corrected chi connectivity index (χ2v) is 15.5. The monoisotopic (exact) mass is 724 g/mol. The number of fused-ring (bicyclic) bond motifs is 3. The van der Waals surface area contributed by atoms with Gasteiger partial charge in [0, 0.05) is 0 Å². The molecule has 0 aliphatic heterocycles. The van der Waals surface area contributed by atoms with Gasteiger partial charge in [0.25, 0.3) is 0 Å². The standard InChI is InChI=1S/C21H25.C13H13.C9H10.2ClH.Zr/c1-20(2,3)16-7-9-18-14(12-16)11-15-13-17(21(4,5)6)8-10-19(15)18;1-10-8-11(2)13(9-10)12-6-4-3-5-7-12;1-2-6-9-7-4-3-5-8-9;;;/h7-10,12H,11H2,1-6H3;3-9H,1-2H3;3-5,7-8H,2H2,1H3;2*1H;/q2*-1;;;;+2/p-2. The van der Waals surface area contributed by atoms with Gasteiger partial charge in [0.2, 0.25) is 0 Å². The van der Waals surface area contributed by atoms with Gasteiger partial charge in [-0.25, -0.2) is 6.07 Å². The van der Waals surface area contributed by atoms with Gasteiger partial charge in [0.15, 0.2) is 0 Å². The summed E-state index contributed by atoms with van der Waals surface area (Å²) in [6.45, 7) is 20.1. The molecule has 0 amide bonds. The molecule has 0 spiro atoms. The van der Waals surface area contributed by atoms with Gasteiger partial charge in [-0.15, -0.1) is 11.1 Å². The summed E-state index contributed by atoms with van der Waals surface area (Å²) in [6.07, 6.45) is 2.21. The molecule has 0 nitrogen and oxygen atoms in total. The predicted molar refractivity (Wildman–Crippen MR) is 189 cm³/mol. The smallest absolute Gasteiger partial charge is 0.0623 e. The van der Waals surface area contributed by atoms with Crippen molar-refractivity contribution in [1.29, 1.82) is 0 Å². The van der Waals surface area contributed by atoms with Gasteiger partial charge in [-0.05, 0) is 28.4 Å². The van der Waals surface area contributed by atoms with Gasteiger partial charge < -0.3 is 24.8 Å². The van der Waals surface area contributed by atoms with Crippen LogP contribution in [0.2, 0.25) is 0 Å². The Morgan fingerprint density at radius 2 is 1.30 bits per heavy atom. The van der Waals surface area contributed by atoms with Crippen LogP contribution in [0.15, 0.2) is 103 Å². The van der Waals surface area contributed by atoms with Gasteiger partial charge in [-0.2, -0.15) is 46.5 Å². The van der Waals surface area contributed by atoms with Crippen LogP contribution in [0.1, 0.15) is 93.8 Å². The molecule has 0 aromatic heterocycles. The van der Waals surface area contributed by atoms with Crippen molar-refractivity contribution >= 4 is 3.21 Å². The summed E-state index contributed by atoms with van der Waals surface area (Å²) in [4.78, 5) is 0. The minimum Gasteiger partial charge on any atom is -1.00 e. The first-order valence-corrected chi connectivity index (χ1v) is 17.1. The molecule has 0 unspecified atom stereocenters. The SMILES string of the molecule is CC(C)(C)c1[c-]c2c(cc1)-c1ccc(C(C)(C)C)cc1C2.CC[C](=[Zr+2])c1ccccc1.Cc1cc(-c2ccccc2)c(C)[cH-]1.[Cl-].[Cl-]. The van der Waals surface area contributed by atoms with Crippen molar-refractivity contribution in [3.05, 3.63) is 148 Å². The summed E-state index contributed by atoms with van der Waals surface area (Å²) in [5, 5.41) is 0. The number of halogens is 2. The molecule has 1 aliphatic carbocycles. The normalized spacial score (nSPS) is 11.4. The third kappa shape index (κ3) is 10.3. The summed E-state index contributed by atoms with van der Waals surface area (Å²) in [7, 11) is 0. The maximum absolute atomic E-state index is 3.67. The quantitative estimate of drug-likeness (QED) is 0.211. The molecule has 6 rings (SSSR count). The molecular weight excluding hydrogens is 679 g/mol. The molecule has 5 aromatic carbocycles. The number of aryl methyl sites for hydroxylation is 2. The van der Waals surface area contributed by atoms with Crippen molar-refractivity contribution in [2.45, 2.75) is 86.0 Å². The largest absolute Gasteiger partial charge is 1.00 e. The zero-order valence-electron chi connectivity index (χ0n) is 29.0. The van der Waals surface area contributed by atoms with Crippen LogP contribution in [-0.4, -0.2) is 3.21 Å². The first-order chi connectivity index (χ1) is 20.8. The molecule has 0 heterocycles. The maximum atomic E-state index is 3.67. The Labute approximate surface area is 306 Å². The van der Waals surface area contributed by atoms with Gasteiger partial charge in [-0.1, -0.05) is 115 Å². The van der Waals surface area contributed by atoms with Gasteiger partial charge in [-0.3, -0.25) is 0 Å². The molecule has 5 aromatic rings. The molecule has 0 bridgehead atoms. The zero-order valence-corrected chi connectivity index (χ0v) is 33.0. The first-order valence-electron chi connectivity index (χ1n) is 15.9. The van der Waals surface area contributed by atoms with Crippen molar-refractivity contribution in [3.63, 3.8) is 0 Å². The van der Waals surface area contributed by atoms with E-state index in [1.165, 1.54) is 91.9 Å². The molecular formula is C43H48Cl2Zr-2. The third-order valence-electron chi connectivity index (χ3n) is 8.27. The fourth-order valence-corrected chi connectivity index (χ4v) is 6.01. The number of hydrogen-bond acceptors (Lipinski definition) is 0. The van der Waals surface area contributed by atoms with Crippen molar-refractivity contribution in [1.82, 2.24) is 0 Å².